The van der Waals surface area contributed by atoms with E-state index in [0.717, 1.165) is 12.3 Å². The molecule has 4 nitrogen and oxygen atoms in total. The molecule has 0 saturated carbocycles. The predicted octanol–water partition coefficient (Wildman–Crippen LogP) is 1.22. The van der Waals surface area contributed by atoms with Crippen molar-refractivity contribution in [2.24, 2.45) is 0 Å². The maximum Gasteiger partial charge on any atom is 0.138 e. The third-order valence-corrected chi connectivity index (χ3v) is 3.00. The highest BCUT2D eigenvalue weighted by molar-refractivity contribution is 5.26. The van der Waals surface area contributed by atoms with Gasteiger partial charge in [0.25, 0.3) is 0 Å². The Labute approximate surface area is 95.9 Å². The SMILES string of the molecule is CN1CCCC1c1cncc(OCCO)c1. The van der Waals surface area contributed by atoms with Crippen LogP contribution in [0.5, 0.6) is 5.75 Å². The van der Waals surface area contributed by atoms with Crippen LogP contribution in [-0.2, 0) is 0 Å². The van der Waals surface area contributed by atoms with Gasteiger partial charge in [-0.05, 0) is 38.1 Å². The lowest BCUT2D eigenvalue weighted by atomic mass is 10.1. The largest absolute Gasteiger partial charge is 0.490 e. The van der Waals surface area contributed by atoms with Gasteiger partial charge in [0, 0.05) is 12.2 Å². The third-order valence-electron chi connectivity index (χ3n) is 3.00. The summed E-state index contributed by atoms with van der Waals surface area (Å²) in [5.41, 5.74) is 1.20. The first kappa shape index (κ1) is 11.4. The lowest BCUT2D eigenvalue weighted by Gasteiger charge is -2.19. The Morgan fingerprint density at radius 3 is 3.12 bits per heavy atom. The number of nitrogens with zero attached hydrogens (tertiary/aromatic N) is 2. The minimum absolute atomic E-state index is 0.0353. The fourth-order valence-corrected chi connectivity index (χ4v) is 2.19. The molecule has 0 aromatic carbocycles. The fraction of sp³-hybridized carbons (Fsp3) is 0.583. The Morgan fingerprint density at radius 1 is 1.56 bits per heavy atom. The second-order valence-corrected chi connectivity index (χ2v) is 4.16. The fourth-order valence-electron chi connectivity index (χ4n) is 2.19. The molecule has 1 aliphatic heterocycles. The summed E-state index contributed by atoms with van der Waals surface area (Å²) in [6, 6.07) is 2.49. The van der Waals surface area contributed by atoms with Crippen molar-refractivity contribution in [1.29, 1.82) is 0 Å². The number of aliphatic hydroxyl groups is 1. The van der Waals surface area contributed by atoms with Crippen molar-refractivity contribution in [3.8, 4) is 5.75 Å². The van der Waals surface area contributed by atoms with Crippen LogP contribution in [0.4, 0.5) is 0 Å². The van der Waals surface area contributed by atoms with Gasteiger partial charge in [0.2, 0.25) is 0 Å². The van der Waals surface area contributed by atoms with Gasteiger partial charge in [-0.1, -0.05) is 0 Å². The first-order valence-corrected chi connectivity index (χ1v) is 5.70. The summed E-state index contributed by atoms with van der Waals surface area (Å²) >= 11 is 0. The number of aromatic nitrogens is 1. The molecule has 0 bridgehead atoms. The van der Waals surface area contributed by atoms with Crippen LogP contribution in [0.1, 0.15) is 24.4 Å². The van der Waals surface area contributed by atoms with Crippen LogP contribution in [0.2, 0.25) is 0 Å². The maximum absolute atomic E-state index is 8.70. The van der Waals surface area contributed by atoms with Crippen LogP contribution < -0.4 is 4.74 Å². The molecule has 16 heavy (non-hydrogen) atoms. The Balaban J connectivity index is 2.09. The van der Waals surface area contributed by atoms with Crippen molar-refractivity contribution in [2.75, 3.05) is 26.8 Å². The summed E-state index contributed by atoms with van der Waals surface area (Å²) in [4.78, 5) is 6.52. The summed E-state index contributed by atoms with van der Waals surface area (Å²) in [5, 5.41) is 8.70. The highest BCUT2D eigenvalue weighted by atomic mass is 16.5. The van der Waals surface area contributed by atoms with E-state index in [1.807, 2.05) is 12.3 Å². The van der Waals surface area contributed by atoms with Crippen molar-refractivity contribution < 1.29 is 9.84 Å². The van der Waals surface area contributed by atoms with Gasteiger partial charge in [-0.25, -0.2) is 0 Å². The molecule has 0 aliphatic carbocycles. The molecule has 1 fully saturated rings. The molecule has 2 rings (SSSR count). The predicted molar refractivity (Wildman–Crippen MR) is 61.4 cm³/mol. The molecular formula is C12H18N2O2. The quantitative estimate of drug-likeness (QED) is 0.832. The molecule has 1 aliphatic rings. The monoisotopic (exact) mass is 222 g/mol. The zero-order valence-electron chi connectivity index (χ0n) is 9.59. The zero-order chi connectivity index (χ0) is 11.4. The van der Waals surface area contributed by atoms with Gasteiger partial charge in [-0.15, -0.1) is 0 Å². The summed E-state index contributed by atoms with van der Waals surface area (Å²) in [7, 11) is 2.14. The minimum atomic E-state index is 0.0353. The highest BCUT2D eigenvalue weighted by Gasteiger charge is 2.22. The van der Waals surface area contributed by atoms with Crippen molar-refractivity contribution in [1.82, 2.24) is 9.88 Å². The number of likely N-dealkylation sites (tertiary alicyclic amines) is 1. The van der Waals surface area contributed by atoms with E-state index in [4.69, 9.17) is 9.84 Å². The zero-order valence-corrected chi connectivity index (χ0v) is 9.59. The molecule has 0 spiro atoms. The van der Waals surface area contributed by atoms with Crippen molar-refractivity contribution in [3.63, 3.8) is 0 Å². The Hall–Kier alpha value is -1.13. The van der Waals surface area contributed by atoms with Gasteiger partial charge in [-0.2, -0.15) is 0 Å². The number of aliphatic hydroxyl groups excluding tert-OH is 1. The third kappa shape index (κ3) is 2.51. The average Bonchev–Trinajstić information content (AvgIpc) is 2.73. The van der Waals surface area contributed by atoms with Crippen molar-refractivity contribution in [3.05, 3.63) is 24.0 Å². The molecule has 1 atom stereocenters. The van der Waals surface area contributed by atoms with Crippen LogP contribution in [0.15, 0.2) is 18.5 Å². The van der Waals surface area contributed by atoms with Crippen LogP contribution in [0.25, 0.3) is 0 Å². The molecule has 0 amide bonds. The topological polar surface area (TPSA) is 45.6 Å². The van der Waals surface area contributed by atoms with Gasteiger partial charge >= 0.3 is 0 Å². The van der Waals surface area contributed by atoms with E-state index in [9.17, 15) is 0 Å². The molecule has 88 valence electrons. The summed E-state index contributed by atoms with van der Waals surface area (Å²) in [5.74, 6) is 0.742. The molecule has 0 radical (unpaired) electrons. The number of hydrogen-bond donors (Lipinski definition) is 1. The van der Waals surface area contributed by atoms with Gasteiger partial charge in [0.15, 0.2) is 0 Å². The average molecular weight is 222 g/mol. The molecule has 4 heteroatoms. The number of pyridine rings is 1. The normalized spacial score (nSPS) is 21.2. The lowest BCUT2D eigenvalue weighted by Crippen LogP contribution is -2.17. The second kappa shape index (κ2) is 5.27. The van der Waals surface area contributed by atoms with Gasteiger partial charge in [-0.3, -0.25) is 9.88 Å². The molecular weight excluding hydrogens is 204 g/mol. The Morgan fingerprint density at radius 2 is 2.44 bits per heavy atom. The van der Waals surface area contributed by atoms with Crippen LogP contribution in [-0.4, -0.2) is 41.8 Å². The second-order valence-electron chi connectivity index (χ2n) is 4.16. The van der Waals surface area contributed by atoms with E-state index in [0.29, 0.717) is 12.6 Å². The first-order chi connectivity index (χ1) is 7.81. The molecule has 1 unspecified atom stereocenters. The van der Waals surface area contributed by atoms with E-state index in [1.165, 1.54) is 18.4 Å². The smallest absolute Gasteiger partial charge is 0.138 e. The standard InChI is InChI=1S/C12H18N2O2/c1-14-4-2-3-12(14)10-7-11(9-13-8-10)16-6-5-15/h7-9,12,15H,2-6H2,1H3. The van der Waals surface area contributed by atoms with Crippen LogP contribution in [0.3, 0.4) is 0 Å². The molecule has 1 aromatic rings. The molecule has 1 N–H and O–H groups in total. The number of ether oxygens (including phenoxy) is 1. The van der Waals surface area contributed by atoms with Crippen molar-refractivity contribution >= 4 is 0 Å². The van der Waals surface area contributed by atoms with E-state index in [2.05, 4.69) is 16.9 Å². The van der Waals surface area contributed by atoms with Gasteiger partial charge in [0.05, 0.1) is 12.8 Å². The van der Waals surface area contributed by atoms with Crippen LogP contribution >= 0.6 is 0 Å². The number of hydrogen-bond acceptors (Lipinski definition) is 4. The maximum atomic E-state index is 8.70. The van der Waals surface area contributed by atoms with E-state index in [1.54, 1.807) is 6.20 Å². The van der Waals surface area contributed by atoms with Crippen molar-refractivity contribution in [2.45, 2.75) is 18.9 Å². The molecule has 2 heterocycles. The first-order valence-electron chi connectivity index (χ1n) is 5.70. The Kier molecular flexibility index (Phi) is 3.74. The van der Waals surface area contributed by atoms with Crippen LogP contribution in [0, 0.1) is 0 Å². The summed E-state index contributed by atoms with van der Waals surface area (Å²) in [6.45, 7) is 1.51. The molecule has 1 saturated heterocycles. The summed E-state index contributed by atoms with van der Waals surface area (Å²) < 4.78 is 5.36. The molecule has 1 aromatic heterocycles. The van der Waals surface area contributed by atoms with E-state index < -0.39 is 0 Å². The highest BCUT2D eigenvalue weighted by Crippen LogP contribution is 2.31. The minimum Gasteiger partial charge on any atom is -0.490 e. The van der Waals surface area contributed by atoms with Gasteiger partial charge in [0.1, 0.15) is 12.4 Å². The lowest BCUT2D eigenvalue weighted by molar-refractivity contribution is 0.200. The number of rotatable bonds is 4. The Bertz CT molecular complexity index is 344. The van der Waals surface area contributed by atoms with E-state index in [-0.39, 0.29) is 6.61 Å². The van der Waals surface area contributed by atoms with E-state index >= 15 is 0 Å². The summed E-state index contributed by atoms with van der Waals surface area (Å²) in [6.07, 6.45) is 6.01. The van der Waals surface area contributed by atoms with Gasteiger partial charge < -0.3 is 9.84 Å².